The van der Waals surface area contributed by atoms with Gasteiger partial charge in [-0.15, -0.1) is 34.0 Å². The molecule has 0 amide bonds. The molecule has 0 saturated heterocycles. The maximum absolute atomic E-state index is 6.20. The normalized spacial score (nSPS) is 12.0. The van der Waals surface area contributed by atoms with Crippen molar-refractivity contribution in [2.24, 2.45) is 0 Å². The predicted molar refractivity (Wildman–Crippen MR) is 467 cm³/mol. The average molecular weight is 1490 g/mol. The minimum atomic E-state index is -0.161. The Kier molecular flexibility index (Phi) is 19.5. The highest BCUT2D eigenvalue weighted by Crippen LogP contribution is 2.45. The van der Waals surface area contributed by atoms with Crippen LogP contribution >= 0.6 is 34.0 Å². The van der Waals surface area contributed by atoms with Crippen LogP contribution in [0.15, 0.2) is 296 Å². The standard InChI is InChI=1S/C26H22N2O.2C26H22N2S.C20H18N2S/c1-26(2,3)25-27-22(24-23(28-25)20-11-7-8-12-21(20)29-24)19-15-13-18(14-16-19)17-9-5-4-6-10-17;1-26(2,3)25-27-22(24-23(28-25)20-14-7-8-15-21(20)29-24)19-13-9-12-18(16-19)17-10-5-4-6-11-17;1-26(2,3)25-27-22(24-23(28-25)20-11-7-8-12-21(20)29-24)19-15-13-18(14-16-19)17-9-5-4-6-10-17;1-20(2,3)19-21-16(13-9-5-4-6-10-13)18-17(22-19)14-11-7-8-12-15(14)23-18/h3*4-16H,1-3H3;4-12H,1-3H3. The third-order valence-corrected chi connectivity index (χ3v) is 22.9. The van der Waals surface area contributed by atoms with E-state index in [1.165, 1.54) is 68.3 Å². The molecule has 0 unspecified atom stereocenters. The maximum Gasteiger partial charge on any atom is 0.180 e. The van der Waals surface area contributed by atoms with Gasteiger partial charge >= 0.3 is 0 Å². The number of hydrogen-bond donors (Lipinski definition) is 0. The van der Waals surface area contributed by atoms with Gasteiger partial charge in [-0.3, -0.25) is 0 Å². The SMILES string of the molecule is CC(C)(C)c1nc(-c2ccc(-c3ccccc3)cc2)c2oc3ccccc3c2n1.CC(C)(C)c1nc(-c2ccc(-c3ccccc3)cc2)c2sc3ccccc3c2n1.CC(C)(C)c1nc(-c2cccc(-c3ccccc3)c2)c2sc3ccccc3c2n1.CC(C)(C)c1nc(-c2ccccc2)c2sc3ccccc3c2n1. The molecular weight excluding hydrogens is 1400 g/mol. The Balaban J connectivity index is 0.000000112. The monoisotopic (exact) mass is 1480 g/mol. The number of furan rings is 1. The van der Waals surface area contributed by atoms with Crippen molar-refractivity contribution < 1.29 is 4.42 Å². The van der Waals surface area contributed by atoms with Gasteiger partial charge < -0.3 is 4.42 Å². The molecule has 19 aromatic rings. The van der Waals surface area contributed by atoms with Gasteiger partial charge in [0.15, 0.2) is 5.58 Å². The molecule has 11 aromatic carbocycles. The highest BCUT2D eigenvalue weighted by molar-refractivity contribution is 7.27. The first-order valence-electron chi connectivity index (χ1n) is 37.4. The highest BCUT2D eigenvalue weighted by Gasteiger charge is 2.28. The zero-order valence-corrected chi connectivity index (χ0v) is 66.4. The van der Waals surface area contributed by atoms with Gasteiger partial charge in [0.2, 0.25) is 0 Å². The molecule has 0 bridgehead atoms. The van der Waals surface area contributed by atoms with Crippen LogP contribution < -0.4 is 0 Å². The summed E-state index contributed by atoms with van der Waals surface area (Å²) in [5.41, 5.74) is 20.8. The number of benzene rings is 11. The molecule has 540 valence electrons. The number of rotatable bonds is 7. The van der Waals surface area contributed by atoms with Crippen LogP contribution in [0.5, 0.6) is 0 Å². The molecule has 9 nitrogen and oxygen atoms in total. The Labute approximate surface area is 654 Å². The lowest BCUT2D eigenvalue weighted by Gasteiger charge is -2.18. The summed E-state index contributed by atoms with van der Waals surface area (Å²) in [5.74, 6) is 3.48. The number of nitrogens with zero attached hydrogens (tertiary/aromatic N) is 8. The summed E-state index contributed by atoms with van der Waals surface area (Å²) in [5, 5.41) is 4.67. The van der Waals surface area contributed by atoms with Crippen LogP contribution in [0.3, 0.4) is 0 Å². The van der Waals surface area contributed by atoms with Gasteiger partial charge in [-0.1, -0.05) is 338 Å². The van der Waals surface area contributed by atoms with Crippen LogP contribution in [-0.2, 0) is 21.7 Å². The summed E-state index contributed by atoms with van der Waals surface area (Å²) < 4.78 is 13.5. The van der Waals surface area contributed by atoms with Crippen molar-refractivity contribution in [3.05, 3.63) is 314 Å². The van der Waals surface area contributed by atoms with Gasteiger partial charge in [-0.05, 0) is 69.8 Å². The van der Waals surface area contributed by atoms with Crippen molar-refractivity contribution in [1.82, 2.24) is 39.9 Å². The molecule has 12 heteroatoms. The van der Waals surface area contributed by atoms with Crippen LogP contribution in [0.1, 0.15) is 106 Å². The fourth-order valence-corrected chi connectivity index (χ4v) is 16.9. The van der Waals surface area contributed by atoms with Gasteiger partial charge in [0.1, 0.15) is 40.1 Å². The minimum absolute atomic E-state index is 0.0826. The second-order valence-electron chi connectivity index (χ2n) is 31.9. The molecule has 0 radical (unpaired) electrons. The quantitative estimate of drug-likeness (QED) is 0.154. The number of aromatic nitrogens is 8. The molecule has 0 fully saturated rings. The van der Waals surface area contributed by atoms with Gasteiger partial charge in [0.05, 0.1) is 47.7 Å². The summed E-state index contributed by atoms with van der Waals surface area (Å²) in [7, 11) is 0. The molecule has 8 heterocycles. The van der Waals surface area contributed by atoms with Crippen molar-refractivity contribution in [2.45, 2.75) is 105 Å². The van der Waals surface area contributed by atoms with Crippen LogP contribution in [0.25, 0.3) is 161 Å². The van der Waals surface area contributed by atoms with E-state index in [4.69, 9.17) is 44.3 Å². The minimum Gasteiger partial charge on any atom is -0.452 e. The number of fused-ring (bicyclic) bond motifs is 12. The Morgan fingerprint density at radius 2 is 0.482 bits per heavy atom. The van der Waals surface area contributed by atoms with E-state index in [0.29, 0.717) is 0 Å². The van der Waals surface area contributed by atoms with Crippen LogP contribution in [0.4, 0.5) is 0 Å². The Bertz CT molecular complexity index is 6330. The van der Waals surface area contributed by atoms with Gasteiger partial charge in [-0.25, -0.2) is 39.9 Å². The fourth-order valence-electron chi connectivity index (χ4n) is 13.5. The average Bonchev–Trinajstić information content (AvgIpc) is 1.59. The summed E-state index contributed by atoms with van der Waals surface area (Å²) in [6, 6.07) is 101. The highest BCUT2D eigenvalue weighted by atomic mass is 32.1. The van der Waals surface area contributed by atoms with Gasteiger partial charge in [-0.2, -0.15) is 0 Å². The largest absolute Gasteiger partial charge is 0.452 e. The molecule has 8 aromatic heterocycles. The fraction of sp³-hybridized carbons (Fsp3) is 0.163. The predicted octanol–water partition coefficient (Wildman–Crippen LogP) is 27.8. The Morgan fingerprint density at radius 3 is 0.873 bits per heavy atom. The molecule has 0 atom stereocenters. The third kappa shape index (κ3) is 14.9. The van der Waals surface area contributed by atoms with E-state index >= 15 is 0 Å². The van der Waals surface area contributed by atoms with Crippen molar-refractivity contribution >= 4 is 117 Å². The number of thiophene rings is 3. The summed E-state index contributed by atoms with van der Waals surface area (Å²) in [6.45, 7) is 25.9. The smallest absolute Gasteiger partial charge is 0.180 e. The van der Waals surface area contributed by atoms with Crippen LogP contribution in [0.2, 0.25) is 0 Å². The van der Waals surface area contributed by atoms with E-state index in [9.17, 15) is 0 Å². The zero-order chi connectivity index (χ0) is 76.1. The molecule has 0 aliphatic carbocycles. The van der Waals surface area contributed by atoms with Crippen molar-refractivity contribution in [3.8, 4) is 78.4 Å². The topological polar surface area (TPSA) is 116 Å². The van der Waals surface area contributed by atoms with Crippen LogP contribution in [0, 0.1) is 0 Å². The van der Waals surface area contributed by atoms with Crippen LogP contribution in [-0.4, -0.2) is 39.9 Å². The first kappa shape index (κ1) is 72.4. The lowest BCUT2D eigenvalue weighted by Crippen LogP contribution is -2.16. The summed E-state index contributed by atoms with van der Waals surface area (Å²) in [4.78, 5) is 39.8. The molecule has 19 rings (SSSR count). The Morgan fingerprint density at radius 1 is 0.218 bits per heavy atom. The van der Waals surface area contributed by atoms with Gasteiger partial charge in [0.25, 0.3) is 0 Å². The Hall–Kier alpha value is -11.8. The molecule has 0 N–H and O–H groups in total. The molecule has 110 heavy (non-hydrogen) atoms. The van der Waals surface area contributed by atoms with E-state index in [1.54, 1.807) is 34.0 Å². The number of hydrogen-bond acceptors (Lipinski definition) is 12. The van der Waals surface area contributed by atoms with E-state index < -0.39 is 0 Å². The lowest BCUT2D eigenvalue weighted by molar-refractivity contribution is 0.547. The van der Waals surface area contributed by atoms with E-state index in [2.05, 4.69) is 332 Å². The molecule has 0 spiro atoms. The molecule has 0 aliphatic heterocycles. The number of para-hydroxylation sites is 1. The summed E-state index contributed by atoms with van der Waals surface area (Å²) >= 11 is 5.33. The van der Waals surface area contributed by atoms with Crippen molar-refractivity contribution in [2.75, 3.05) is 0 Å². The van der Waals surface area contributed by atoms with Crippen molar-refractivity contribution in [1.29, 1.82) is 0 Å². The first-order chi connectivity index (χ1) is 53.1. The molecule has 0 saturated carbocycles. The second-order valence-corrected chi connectivity index (χ2v) is 35.0. The van der Waals surface area contributed by atoms with E-state index in [1.807, 2.05) is 42.5 Å². The summed E-state index contributed by atoms with van der Waals surface area (Å²) in [6.07, 6.45) is 0. The van der Waals surface area contributed by atoms with Crippen molar-refractivity contribution in [3.63, 3.8) is 0 Å². The molecular formula is C98H84N8OS3. The lowest BCUT2D eigenvalue weighted by atomic mass is 9.95. The second kappa shape index (κ2) is 29.6. The van der Waals surface area contributed by atoms with E-state index in [0.717, 1.165) is 116 Å². The van der Waals surface area contributed by atoms with Gasteiger partial charge in [0, 0.05) is 79.6 Å². The molecule has 0 aliphatic rings. The maximum atomic E-state index is 6.20. The first-order valence-corrected chi connectivity index (χ1v) is 39.8. The third-order valence-electron chi connectivity index (χ3n) is 19.4. The zero-order valence-electron chi connectivity index (χ0n) is 63.9. The van der Waals surface area contributed by atoms with E-state index in [-0.39, 0.29) is 21.7 Å².